The standard InChI is InChI=1S/C14H15N3O2S/c1-18-10-5-3-4-9(6-10)8-17-14-13(19-2)12(16)11(7-15)20-14/h3-6,17H,8,16H2,1-2H3. The highest BCUT2D eigenvalue weighted by Gasteiger charge is 2.16. The van der Waals surface area contributed by atoms with Gasteiger partial charge in [0, 0.05) is 6.54 Å². The largest absolute Gasteiger partial charge is 0.497 e. The maximum Gasteiger partial charge on any atom is 0.177 e. The van der Waals surface area contributed by atoms with Crippen molar-refractivity contribution in [3.63, 3.8) is 0 Å². The number of ether oxygens (including phenoxy) is 2. The van der Waals surface area contributed by atoms with Crippen molar-refractivity contribution in [2.75, 3.05) is 25.3 Å². The average Bonchev–Trinajstić information content (AvgIpc) is 2.80. The van der Waals surface area contributed by atoms with E-state index in [-0.39, 0.29) is 0 Å². The van der Waals surface area contributed by atoms with Gasteiger partial charge in [-0.25, -0.2) is 0 Å². The Hall–Kier alpha value is -2.39. The first-order valence-corrected chi connectivity index (χ1v) is 6.74. The molecule has 1 aromatic heterocycles. The van der Waals surface area contributed by atoms with Crippen molar-refractivity contribution in [3.8, 4) is 17.6 Å². The fraction of sp³-hybridized carbons (Fsp3) is 0.214. The van der Waals surface area contributed by atoms with Crippen LogP contribution in [0.5, 0.6) is 11.5 Å². The molecule has 6 heteroatoms. The minimum atomic E-state index is 0.383. The number of nitrogens with one attached hydrogen (secondary N) is 1. The lowest BCUT2D eigenvalue weighted by molar-refractivity contribution is 0.414. The van der Waals surface area contributed by atoms with E-state index in [1.165, 1.54) is 18.4 Å². The number of benzene rings is 1. The van der Waals surface area contributed by atoms with Crippen molar-refractivity contribution in [1.29, 1.82) is 5.26 Å². The number of nitrogen functional groups attached to an aromatic ring is 1. The van der Waals surface area contributed by atoms with Gasteiger partial charge in [-0.15, -0.1) is 11.3 Å². The molecule has 0 aliphatic rings. The van der Waals surface area contributed by atoms with E-state index in [0.29, 0.717) is 22.9 Å². The normalized spacial score (nSPS) is 9.85. The highest BCUT2D eigenvalue weighted by Crippen LogP contribution is 2.42. The van der Waals surface area contributed by atoms with E-state index < -0.39 is 0 Å². The van der Waals surface area contributed by atoms with Gasteiger partial charge in [0.05, 0.1) is 14.2 Å². The van der Waals surface area contributed by atoms with Crippen LogP contribution in [0.15, 0.2) is 24.3 Å². The van der Waals surface area contributed by atoms with Crippen LogP contribution < -0.4 is 20.5 Å². The molecule has 2 rings (SSSR count). The third kappa shape index (κ3) is 2.78. The molecule has 3 N–H and O–H groups in total. The molecule has 0 radical (unpaired) electrons. The fourth-order valence-electron chi connectivity index (χ4n) is 1.80. The van der Waals surface area contributed by atoms with Gasteiger partial charge < -0.3 is 20.5 Å². The third-order valence-corrected chi connectivity index (χ3v) is 3.84. The summed E-state index contributed by atoms with van der Waals surface area (Å²) in [7, 11) is 3.17. The highest BCUT2D eigenvalue weighted by atomic mass is 32.1. The van der Waals surface area contributed by atoms with Crippen LogP contribution in [0.4, 0.5) is 10.7 Å². The molecule has 0 saturated heterocycles. The second-order valence-electron chi connectivity index (χ2n) is 4.02. The predicted molar refractivity (Wildman–Crippen MR) is 80.3 cm³/mol. The molecule has 0 aliphatic carbocycles. The van der Waals surface area contributed by atoms with Gasteiger partial charge in [0.25, 0.3) is 0 Å². The summed E-state index contributed by atoms with van der Waals surface area (Å²) in [6, 6.07) is 9.81. The van der Waals surface area contributed by atoms with Gasteiger partial charge in [0.1, 0.15) is 27.4 Å². The van der Waals surface area contributed by atoms with Crippen molar-refractivity contribution in [2.45, 2.75) is 6.54 Å². The number of anilines is 2. The number of thiophene rings is 1. The number of hydrogen-bond donors (Lipinski definition) is 2. The summed E-state index contributed by atoms with van der Waals surface area (Å²) >= 11 is 1.29. The van der Waals surface area contributed by atoms with Gasteiger partial charge in [0.2, 0.25) is 0 Å². The molecule has 5 nitrogen and oxygen atoms in total. The molecule has 0 spiro atoms. The molecule has 0 saturated carbocycles. The summed E-state index contributed by atoms with van der Waals surface area (Å²) in [5, 5.41) is 13.0. The van der Waals surface area contributed by atoms with E-state index in [9.17, 15) is 0 Å². The molecule has 20 heavy (non-hydrogen) atoms. The van der Waals surface area contributed by atoms with Gasteiger partial charge in [-0.05, 0) is 17.7 Å². The molecular formula is C14H15N3O2S. The number of nitrogens with zero attached hydrogens (tertiary/aromatic N) is 1. The van der Waals surface area contributed by atoms with Crippen LogP contribution in [0.3, 0.4) is 0 Å². The second-order valence-corrected chi connectivity index (χ2v) is 5.04. The molecule has 1 aromatic carbocycles. The number of nitriles is 1. The lowest BCUT2D eigenvalue weighted by Crippen LogP contribution is -2.00. The lowest BCUT2D eigenvalue weighted by Gasteiger charge is -2.08. The summed E-state index contributed by atoms with van der Waals surface area (Å²) in [6.45, 7) is 0.596. The smallest absolute Gasteiger partial charge is 0.177 e. The first-order chi connectivity index (χ1) is 9.69. The first-order valence-electron chi connectivity index (χ1n) is 5.92. The van der Waals surface area contributed by atoms with Crippen LogP contribution in [0.1, 0.15) is 10.4 Å². The molecule has 0 unspecified atom stereocenters. The zero-order chi connectivity index (χ0) is 14.5. The molecule has 104 valence electrons. The Labute approximate surface area is 121 Å². The second kappa shape index (κ2) is 6.17. The molecule has 0 aliphatic heterocycles. The van der Waals surface area contributed by atoms with Crippen LogP contribution in [-0.4, -0.2) is 14.2 Å². The van der Waals surface area contributed by atoms with E-state index in [0.717, 1.165) is 16.3 Å². The Morgan fingerprint density at radius 1 is 1.35 bits per heavy atom. The van der Waals surface area contributed by atoms with Crippen molar-refractivity contribution < 1.29 is 9.47 Å². The van der Waals surface area contributed by atoms with Crippen LogP contribution in [0.2, 0.25) is 0 Å². The number of rotatable bonds is 5. The summed E-state index contributed by atoms with van der Waals surface area (Å²) < 4.78 is 10.4. The predicted octanol–water partition coefficient (Wildman–Crippen LogP) is 2.83. The molecule has 0 fully saturated rings. The van der Waals surface area contributed by atoms with Crippen molar-refractivity contribution in [2.24, 2.45) is 0 Å². The Morgan fingerprint density at radius 3 is 2.80 bits per heavy atom. The van der Waals surface area contributed by atoms with Gasteiger partial charge in [-0.2, -0.15) is 5.26 Å². The van der Waals surface area contributed by atoms with Crippen molar-refractivity contribution in [3.05, 3.63) is 34.7 Å². The highest BCUT2D eigenvalue weighted by molar-refractivity contribution is 7.17. The topological polar surface area (TPSA) is 80.3 Å². The molecule has 0 amide bonds. The summed E-state index contributed by atoms with van der Waals surface area (Å²) in [6.07, 6.45) is 0. The van der Waals surface area contributed by atoms with Crippen LogP contribution in [0, 0.1) is 11.3 Å². The van der Waals surface area contributed by atoms with E-state index in [2.05, 4.69) is 11.4 Å². The lowest BCUT2D eigenvalue weighted by atomic mass is 10.2. The first kappa shape index (κ1) is 14.0. The number of nitrogens with two attached hydrogens (primary N) is 1. The maximum absolute atomic E-state index is 8.99. The Kier molecular flexibility index (Phi) is 4.33. The van der Waals surface area contributed by atoms with E-state index in [4.69, 9.17) is 20.5 Å². The summed E-state index contributed by atoms with van der Waals surface area (Å²) in [5.74, 6) is 1.33. The van der Waals surface area contributed by atoms with Crippen LogP contribution >= 0.6 is 11.3 Å². The Morgan fingerprint density at radius 2 is 2.15 bits per heavy atom. The zero-order valence-electron chi connectivity index (χ0n) is 11.3. The quantitative estimate of drug-likeness (QED) is 0.884. The van der Waals surface area contributed by atoms with E-state index in [1.54, 1.807) is 7.11 Å². The summed E-state index contributed by atoms with van der Waals surface area (Å²) in [4.78, 5) is 0.454. The Bertz CT molecular complexity index is 646. The number of hydrogen-bond acceptors (Lipinski definition) is 6. The zero-order valence-corrected chi connectivity index (χ0v) is 12.1. The summed E-state index contributed by atoms with van der Waals surface area (Å²) in [5.41, 5.74) is 7.29. The van der Waals surface area contributed by atoms with E-state index >= 15 is 0 Å². The molecular weight excluding hydrogens is 274 g/mol. The monoisotopic (exact) mass is 289 g/mol. The molecule has 2 aromatic rings. The molecule has 0 atom stereocenters. The van der Waals surface area contributed by atoms with Crippen molar-refractivity contribution >= 4 is 22.0 Å². The van der Waals surface area contributed by atoms with Gasteiger partial charge >= 0.3 is 0 Å². The fourth-order valence-corrected chi connectivity index (χ4v) is 2.68. The molecule has 1 heterocycles. The van der Waals surface area contributed by atoms with Crippen molar-refractivity contribution in [1.82, 2.24) is 0 Å². The van der Waals surface area contributed by atoms with Gasteiger partial charge in [-0.3, -0.25) is 0 Å². The van der Waals surface area contributed by atoms with Crippen LogP contribution in [0.25, 0.3) is 0 Å². The average molecular weight is 289 g/mol. The van der Waals surface area contributed by atoms with Gasteiger partial charge in [0.15, 0.2) is 5.75 Å². The Balaban J connectivity index is 2.16. The maximum atomic E-state index is 8.99. The minimum Gasteiger partial charge on any atom is -0.497 e. The molecule has 0 bridgehead atoms. The van der Waals surface area contributed by atoms with E-state index in [1.807, 2.05) is 24.3 Å². The minimum absolute atomic E-state index is 0.383. The van der Waals surface area contributed by atoms with Gasteiger partial charge in [-0.1, -0.05) is 12.1 Å². The number of methoxy groups -OCH3 is 2. The van der Waals surface area contributed by atoms with Crippen LogP contribution in [-0.2, 0) is 6.54 Å². The SMILES string of the molecule is COc1cccc(CNc2sc(C#N)c(N)c2OC)c1. The third-order valence-electron chi connectivity index (χ3n) is 2.79.